The normalized spacial score (nSPS) is 9.38. The number of hydrogen-bond donors (Lipinski definition) is 0. The Labute approximate surface area is 98.8 Å². The largest absolute Gasteiger partial charge is 0.408 e. The van der Waals surface area contributed by atoms with Gasteiger partial charge in [-0.25, -0.2) is 0 Å². The molecule has 86 valence electrons. The zero-order chi connectivity index (χ0) is 11.6. The molecule has 0 heterocycles. The van der Waals surface area contributed by atoms with Gasteiger partial charge in [0.05, 0.1) is 0 Å². The first-order valence-corrected chi connectivity index (χ1v) is 6.04. The Morgan fingerprint density at radius 1 is 1.06 bits per heavy atom. The lowest BCUT2D eigenvalue weighted by atomic mass is 10.2. The van der Waals surface area contributed by atoms with E-state index >= 15 is 0 Å². The van der Waals surface area contributed by atoms with Crippen molar-refractivity contribution in [2.24, 2.45) is 0 Å². The molecular formula is C15H20O. The fourth-order valence-corrected chi connectivity index (χ4v) is 1.39. The second-order valence-corrected chi connectivity index (χ2v) is 4.00. The molecule has 0 aliphatic carbocycles. The predicted octanol–water partition coefficient (Wildman–Crippen LogP) is 4.31. The monoisotopic (exact) mass is 216 g/mol. The predicted molar refractivity (Wildman–Crippen MR) is 68.3 cm³/mol. The minimum atomic E-state index is 0.826. The van der Waals surface area contributed by atoms with E-state index in [2.05, 4.69) is 25.9 Å². The van der Waals surface area contributed by atoms with Gasteiger partial charge in [-0.15, -0.1) is 0 Å². The van der Waals surface area contributed by atoms with Crippen LogP contribution in [-0.4, -0.2) is 0 Å². The van der Waals surface area contributed by atoms with E-state index in [1.54, 1.807) is 0 Å². The summed E-state index contributed by atoms with van der Waals surface area (Å²) >= 11 is 0. The molecule has 1 rings (SSSR count). The molecule has 0 aliphatic rings. The molecule has 0 fully saturated rings. The van der Waals surface area contributed by atoms with Crippen LogP contribution in [0.3, 0.4) is 0 Å². The van der Waals surface area contributed by atoms with Crippen LogP contribution in [0.1, 0.15) is 44.6 Å². The first-order valence-electron chi connectivity index (χ1n) is 6.04. The summed E-state index contributed by atoms with van der Waals surface area (Å²) in [6.07, 6.45) is 8.71. The lowest BCUT2D eigenvalue weighted by Gasteiger charge is -1.96. The van der Waals surface area contributed by atoms with Crippen molar-refractivity contribution in [3.63, 3.8) is 0 Å². The van der Waals surface area contributed by atoms with Crippen LogP contribution in [0, 0.1) is 19.0 Å². The van der Waals surface area contributed by atoms with Crippen LogP contribution < -0.4 is 4.74 Å². The molecular weight excluding hydrogens is 196 g/mol. The molecule has 1 nitrogen and oxygen atoms in total. The molecule has 0 unspecified atom stereocenters. The summed E-state index contributed by atoms with van der Waals surface area (Å²) < 4.78 is 5.31. The number of ether oxygens (including phenoxy) is 1. The van der Waals surface area contributed by atoms with Crippen molar-refractivity contribution in [1.29, 1.82) is 0 Å². The van der Waals surface area contributed by atoms with E-state index < -0.39 is 0 Å². The molecule has 0 aromatic heterocycles. The molecule has 1 aromatic carbocycles. The highest BCUT2D eigenvalue weighted by molar-refractivity contribution is 5.27. The summed E-state index contributed by atoms with van der Waals surface area (Å²) in [6.45, 7) is 4.27. The number of unbranched alkanes of at least 4 members (excludes halogenated alkanes) is 4. The second kappa shape index (κ2) is 7.82. The summed E-state index contributed by atoms with van der Waals surface area (Å²) in [7, 11) is 0. The van der Waals surface area contributed by atoms with E-state index in [-0.39, 0.29) is 0 Å². The van der Waals surface area contributed by atoms with E-state index in [0.717, 1.165) is 12.2 Å². The van der Waals surface area contributed by atoms with Crippen molar-refractivity contribution in [2.45, 2.75) is 46.0 Å². The Kier molecular flexibility index (Phi) is 6.18. The van der Waals surface area contributed by atoms with Crippen molar-refractivity contribution < 1.29 is 4.74 Å². The number of benzene rings is 1. The van der Waals surface area contributed by atoms with Gasteiger partial charge in [0.1, 0.15) is 11.9 Å². The Bertz CT molecular complexity index is 340. The molecule has 0 aliphatic heterocycles. The third-order valence-electron chi connectivity index (χ3n) is 2.42. The van der Waals surface area contributed by atoms with Gasteiger partial charge in [0, 0.05) is 6.42 Å². The zero-order valence-corrected chi connectivity index (χ0v) is 10.3. The average Bonchev–Trinajstić information content (AvgIpc) is 2.30. The minimum absolute atomic E-state index is 0.826. The summed E-state index contributed by atoms with van der Waals surface area (Å²) in [6, 6.07) is 7.94. The molecule has 16 heavy (non-hydrogen) atoms. The molecule has 0 saturated carbocycles. The van der Waals surface area contributed by atoms with Gasteiger partial charge < -0.3 is 4.74 Å². The van der Waals surface area contributed by atoms with Gasteiger partial charge in [0.25, 0.3) is 0 Å². The molecule has 0 radical (unpaired) electrons. The highest BCUT2D eigenvalue weighted by Crippen LogP contribution is 2.10. The molecule has 0 saturated heterocycles. The molecule has 0 spiro atoms. The lowest BCUT2D eigenvalue weighted by Crippen LogP contribution is -1.83. The fraction of sp³-hybridized carbons (Fsp3) is 0.467. The van der Waals surface area contributed by atoms with Gasteiger partial charge >= 0.3 is 0 Å². The summed E-state index contributed by atoms with van der Waals surface area (Å²) in [5.41, 5.74) is 1.24. The maximum absolute atomic E-state index is 5.31. The van der Waals surface area contributed by atoms with Crippen molar-refractivity contribution in [3.05, 3.63) is 29.8 Å². The van der Waals surface area contributed by atoms with Crippen molar-refractivity contribution in [2.75, 3.05) is 0 Å². The summed E-state index contributed by atoms with van der Waals surface area (Å²) in [5, 5.41) is 0. The first kappa shape index (κ1) is 12.6. The van der Waals surface area contributed by atoms with E-state index in [4.69, 9.17) is 4.74 Å². The summed E-state index contributed by atoms with van der Waals surface area (Å²) in [4.78, 5) is 0. The Balaban J connectivity index is 2.19. The van der Waals surface area contributed by atoms with Crippen LogP contribution in [0.25, 0.3) is 0 Å². The van der Waals surface area contributed by atoms with Crippen molar-refractivity contribution in [1.82, 2.24) is 0 Å². The highest BCUT2D eigenvalue weighted by Gasteiger charge is 1.89. The van der Waals surface area contributed by atoms with E-state index in [9.17, 15) is 0 Å². The van der Waals surface area contributed by atoms with E-state index in [1.807, 2.05) is 24.3 Å². The Morgan fingerprint density at radius 3 is 2.50 bits per heavy atom. The van der Waals surface area contributed by atoms with Gasteiger partial charge in [-0.3, -0.25) is 0 Å². The van der Waals surface area contributed by atoms with Gasteiger partial charge in [0.2, 0.25) is 0 Å². The second-order valence-electron chi connectivity index (χ2n) is 4.00. The maximum atomic E-state index is 5.31. The molecule has 1 aromatic rings. The van der Waals surface area contributed by atoms with Crippen LogP contribution in [0.15, 0.2) is 24.3 Å². The Morgan fingerprint density at radius 2 is 1.81 bits per heavy atom. The van der Waals surface area contributed by atoms with Crippen molar-refractivity contribution in [3.8, 4) is 17.8 Å². The number of rotatable bonds is 5. The fourth-order valence-electron chi connectivity index (χ4n) is 1.39. The van der Waals surface area contributed by atoms with Gasteiger partial charge in [-0.05, 0) is 25.5 Å². The number of aryl methyl sites for hydroxylation is 1. The SMILES string of the molecule is CCCCCCC#COc1ccc(C)cc1. The maximum Gasteiger partial charge on any atom is 0.140 e. The molecule has 0 atom stereocenters. The van der Waals surface area contributed by atoms with Crippen LogP contribution in [0.5, 0.6) is 5.75 Å². The zero-order valence-electron chi connectivity index (χ0n) is 10.3. The standard InChI is InChI=1S/C15H20O/c1-3-4-5-6-7-8-13-16-15-11-9-14(2)10-12-15/h9-12H,3-7H2,1-2H3. The molecule has 0 amide bonds. The molecule has 0 N–H and O–H groups in total. The van der Waals surface area contributed by atoms with E-state index in [1.165, 1.54) is 31.2 Å². The van der Waals surface area contributed by atoms with Crippen LogP contribution in [0.2, 0.25) is 0 Å². The minimum Gasteiger partial charge on any atom is -0.408 e. The van der Waals surface area contributed by atoms with Gasteiger partial charge in [-0.2, -0.15) is 0 Å². The first-order chi connectivity index (χ1) is 7.83. The molecule has 0 bridgehead atoms. The van der Waals surface area contributed by atoms with E-state index in [0.29, 0.717) is 0 Å². The third kappa shape index (κ3) is 5.46. The van der Waals surface area contributed by atoms with Crippen LogP contribution in [0.4, 0.5) is 0 Å². The van der Waals surface area contributed by atoms with Crippen molar-refractivity contribution >= 4 is 0 Å². The Hall–Kier alpha value is -1.42. The van der Waals surface area contributed by atoms with Crippen LogP contribution in [-0.2, 0) is 0 Å². The third-order valence-corrected chi connectivity index (χ3v) is 2.42. The molecule has 1 heteroatoms. The smallest absolute Gasteiger partial charge is 0.140 e. The van der Waals surface area contributed by atoms with Gasteiger partial charge in [-0.1, -0.05) is 49.8 Å². The summed E-state index contributed by atoms with van der Waals surface area (Å²) in [5.74, 6) is 3.86. The lowest BCUT2D eigenvalue weighted by molar-refractivity contribution is 0.518. The topological polar surface area (TPSA) is 9.23 Å². The van der Waals surface area contributed by atoms with Crippen LogP contribution >= 0.6 is 0 Å². The average molecular weight is 216 g/mol. The van der Waals surface area contributed by atoms with Gasteiger partial charge in [0.15, 0.2) is 0 Å². The number of hydrogen-bond acceptors (Lipinski definition) is 1. The highest BCUT2D eigenvalue weighted by atomic mass is 16.5. The quantitative estimate of drug-likeness (QED) is 0.526.